The van der Waals surface area contributed by atoms with Crippen LogP contribution in [-0.4, -0.2) is 15.3 Å². The number of anilines is 1. The van der Waals surface area contributed by atoms with Crippen LogP contribution in [0.1, 0.15) is 27.9 Å². The van der Waals surface area contributed by atoms with E-state index in [0.717, 1.165) is 34.0 Å². The van der Waals surface area contributed by atoms with Crippen LogP contribution in [0.4, 0.5) is 10.1 Å². The predicted molar refractivity (Wildman–Crippen MR) is 107 cm³/mol. The highest BCUT2D eigenvalue weighted by molar-refractivity contribution is 7.19. The number of hydrogen-bond donors (Lipinski definition) is 1. The van der Waals surface area contributed by atoms with Crippen LogP contribution < -0.4 is 5.32 Å². The Balaban J connectivity index is 1.60. The number of carbonyl (C=O) groups excluding carboxylic acids is 1. The Kier molecular flexibility index (Phi) is 4.49. The molecule has 4 nitrogen and oxygen atoms in total. The molecule has 0 aliphatic carbocycles. The molecule has 0 spiro atoms. The summed E-state index contributed by atoms with van der Waals surface area (Å²) in [7, 11) is 0. The summed E-state index contributed by atoms with van der Waals surface area (Å²) in [6.45, 7) is 3.99. The van der Waals surface area contributed by atoms with E-state index in [1.807, 2.05) is 41.8 Å². The molecular formula is C21H18FN3OS. The topological polar surface area (TPSA) is 46.4 Å². The SMILES string of the molecule is CCc1ccc(NC(=O)c2sc3nc(-c4ccc(F)cc4)cn3c2C)cc1. The molecule has 1 N–H and O–H groups in total. The fraction of sp³-hybridized carbons (Fsp3) is 0.143. The lowest BCUT2D eigenvalue weighted by Gasteiger charge is -2.05. The van der Waals surface area contributed by atoms with Gasteiger partial charge in [0.25, 0.3) is 5.91 Å². The molecule has 0 unspecified atom stereocenters. The van der Waals surface area contributed by atoms with E-state index in [0.29, 0.717) is 4.88 Å². The Morgan fingerprint density at radius 3 is 2.48 bits per heavy atom. The summed E-state index contributed by atoms with van der Waals surface area (Å²) in [6, 6.07) is 14.1. The van der Waals surface area contributed by atoms with Gasteiger partial charge in [-0.2, -0.15) is 0 Å². The molecule has 27 heavy (non-hydrogen) atoms. The van der Waals surface area contributed by atoms with Gasteiger partial charge in [0.15, 0.2) is 4.96 Å². The summed E-state index contributed by atoms with van der Waals surface area (Å²) in [6.07, 6.45) is 2.84. The number of aryl methyl sites for hydroxylation is 2. The average Bonchev–Trinajstić information content (AvgIpc) is 3.22. The van der Waals surface area contributed by atoms with Crippen molar-refractivity contribution >= 4 is 27.9 Å². The molecule has 136 valence electrons. The molecule has 4 aromatic rings. The summed E-state index contributed by atoms with van der Waals surface area (Å²) in [4.78, 5) is 18.6. The van der Waals surface area contributed by atoms with Gasteiger partial charge >= 0.3 is 0 Å². The second-order valence-electron chi connectivity index (χ2n) is 6.31. The average molecular weight is 379 g/mol. The molecular weight excluding hydrogens is 361 g/mol. The van der Waals surface area contributed by atoms with E-state index in [-0.39, 0.29) is 11.7 Å². The third-order valence-corrected chi connectivity index (χ3v) is 5.68. The molecule has 1 amide bonds. The highest BCUT2D eigenvalue weighted by Gasteiger charge is 2.18. The number of halogens is 1. The number of benzene rings is 2. The van der Waals surface area contributed by atoms with E-state index in [4.69, 9.17) is 0 Å². The van der Waals surface area contributed by atoms with Gasteiger partial charge < -0.3 is 5.32 Å². The van der Waals surface area contributed by atoms with Crippen LogP contribution in [0, 0.1) is 12.7 Å². The van der Waals surface area contributed by atoms with Gasteiger partial charge in [-0.05, 0) is 55.3 Å². The molecule has 0 fully saturated rings. The summed E-state index contributed by atoms with van der Waals surface area (Å²) in [5.41, 5.74) is 4.43. The Morgan fingerprint density at radius 1 is 1.15 bits per heavy atom. The normalized spacial score (nSPS) is 11.1. The minimum atomic E-state index is -0.276. The number of thiazole rings is 1. The van der Waals surface area contributed by atoms with Gasteiger partial charge in [0.1, 0.15) is 10.7 Å². The van der Waals surface area contributed by atoms with E-state index < -0.39 is 0 Å². The molecule has 0 aliphatic rings. The molecule has 0 bridgehead atoms. The second-order valence-corrected chi connectivity index (χ2v) is 7.28. The van der Waals surface area contributed by atoms with Gasteiger partial charge in [0, 0.05) is 23.1 Å². The van der Waals surface area contributed by atoms with E-state index in [2.05, 4.69) is 17.2 Å². The number of nitrogens with one attached hydrogen (secondary N) is 1. The van der Waals surface area contributed by atoms with E-state index in [1.165, 1.54) is 29.0 Å². The van der Waals surface area contributed by atoms with Gasteiger partial charge in [0.05, 0.1) is 5.69 Å². The quantitative estimate of drug-likeness (QED) is 0.521. The number of aromatic nitrogens is 2. The fourth-order valence-corrected chi connectivity index (χ4v) is 3.94. The van der Waals surface area contributed by atoms with E-state index in [9.17, 15) is 9.18 Å². The summed E-state index contributed by atoms with van der Waals surface area (Å²) >= 11 is 1.34. The lowest BCUT2D eigenvalue weighted by molar-refractivity contribution is 0.102. The van der Waals surface area contributed by atoms with Gasteiger partial charge in [0.2, 0.25) is 0 Å². The zero-order chi connectivity index (χ0) is 19.0. The number of fused-ring (bicyclic) bond motifs is 1. The first-order valence-corrected chi connectivity index (χ1v) is 9.51. The molecule has 2 heterocycles. The first-order valence-electron chi connectivity index (χ1n) is 8.70. The number of hydrogen-bond acceptors (Lipinski definition) is 3. The van der Waals surface area contributed by atoms with Crippen molar-refractivity contribution in [1.29, 1.82) is 0 Å². The summed E-state index contributed by atoms with van der Waals surface area (Å²) < 4.78 is 15.0. The monoisotopic (exact) mass is 379 g/mol. The zero-order valence-corrected chi connectivity index (χ0v) is 15.8. The molecule has 4 rings (SSSR count). The maximum atomic E-state index is 13.1. The van der Waals surface area contributed by atoms with E-state index >= 15 is 0 Å². The van der Waals surface area contributed by atoms with Crippen molar-refractivity contribution in [3.63, 3.8) is 0 Å². The highest BCUT2D eigenvalue weighted by Crippen LogP contribution is 2.28. The molecule has 2 aromatic carbocycles. The fourth-order valence-electron chi connectivity index (χ4n) is 2.93. The van der Waals surface area contributed by atoms with Crippen LogP contribution in [0.3, 0.4) is 0 Å². The Morgan fingerprint density at radius 2 is 1.85 bits per heavy atom. The van der Waals surface area contributed by atoms with Gasteiger partial charge in [-0.15, -0.1) is 0 Å². The number of amides is 1. The van der Waals surface area contributed by atoms with Gasteiger partial charge in [-0.25, -0.2) is 9.37 Å². The third-order valence-electron chi connectivity index (χ3n) is 4.52. The molecule has 0 saturated heterocycles. The maximum Gasteiger partial charge on any atom is 0.267 e. The smallest absolute Gasteiger partial charge is 0.267 e. The van der Waals surface area contributed by atoms with Crippen LogP contribution >= 0.6 is 11.3 Å². The Hall–Kier alpha value is -2.99. The Bertz CT molecular complexity index is 1110. The number of nitrogens with zero attached hydrogens (tertiary/aromatic N) is 2. The van der Waals surface area contributed by atoms with Crippen LogP contribution in [0.5, 0.6) is 0 Å². The molecule has 0 atom stereocenters. The van der Waals surface area contributed by atoms with Crippen molar-refractivity contribution in [1.82, 2.24) is 9.38 Å². The van der Waals surface area contributed by atoms with Crippen molar-refractivity contribution < 1.29 is 9.18 Å². The summed E-state index contributed by atoms with van der Waals surface area (Å²) in [5.74, 6) is -0.419. The number of imidazole rings is 1. The minimum absolute atomic E-state index is 0.143. The third kappa shape index (κ3) is 3.36. The number of rotatable bonds is 4. The Labute approximate surface area is 160 Å². The molecule has 0 radical (unpaired) electrons. The first-order chi connectivity index (χ1) is 13.0. The van der Waals surface area contributed by atoms with Crippen LogP contribution in [0.2, 0.25) is 0 Å². The van der Waals surface area contributed by atoms with Crippen molar-refractivity contribution in [3.05, 3.63) is 76.7 Å². The zero-order valence-electron chi connectivity index (χ0n) is 15.0. The standard InChI is InChI=1S/C21H18FN3OS/c1-3-14-4-10-17(11-5-14)23-20(26)19-13(2)25-12-18(24-21(25)27-19)15-6-8-16(22)9-7-15/h4-12H,3H2,1-2H3,(H,23,26). The largest absolute Gasteiger partial charge is 0.321 e. The van der Waals surface area contributed by atoms with Crippen LogP contribution in [0.25, 0.3) is 16.2 Å². The lowest BCUT2D eigenvalue weighted by atomic mass is 10.1. The first kappa shape index (κ1) is 17.4. The van der Waals surface area contributed by atoms with Crippen molar-refractivity contribution in [3.8, 4) is 11.3 Å². The molecule has 6 heteroatoms. The lowest BCUT2D eigenvalue weighted by Crippen LogP contribution is -2.11. The highest BCUT2D eigenvalue weighted by atomic mass is 32.1. The molecule has 0 saturated carbocycles. The summed E-state index contributed by atoms with van der Waals surface area (Å²) in [5, 5.41) is 2.94. The van der Waals surface area contributed by atoms with E-state index in [1.54, 1.807) is 12.1 Å². The minimum Gasteiger partial charge on any atom is -0.321 e. The van der Waals surface area contributed by atoms with Crippen LogP contribution in [0.15, 0.2) is 54.7 Å². The van der Waals surface area contributed by atoms with Gasteiger partial charge in [-0.3, -0.25) is 9.20 Å². The van der Waals surface area contributed by atoms with Crippen molar-refractivity contribution in [2.75, 3.05) is 5.32 Å². The predicted octanol–water partition coefficient (Wildman–Crippen LogP) is 5.33. The molecule has 2 aromatic heterocycles. The maximum absolute atomic E-state index is 13.1. The van der Waals surface area contributed by atoms with Crippen molar-refractivity contribution in [2.45, 2.75) is 20.3 Å². The van der Waals surface area contributed by atoms with Gasteiger partial charge in [-0.1, -0.05) is 30.4 Å². The van der Waals surface area contributed by atoms with Crippen molar-refractivity contribution in [2.24, 2.45) is 0 Å². The second kappa shape index (κ2) is 6.96. The number of carbonyl (C=O) groups is 1. The molecule has 0 aliphatic heterocycles. The van der Waals surface area contributed by atoms with Crippen LogP contribution in [-0.2, 0) is 6.42 Å².